The molecule has 0 saturated heterocycles. The van der Waals surface area contributed by atoms with Crippen LogP contribution in [0, 0.1) is 0 Å². The minimum absolute atomic E-state index is 0.0362. The van der Waals surface area contributed by atoms with Gasteiger partial charge in [0.05, 0.1) is 29.2 Å². The lowest BCUT2D eigenvalue weighted by molar-refractivity contribution is 0.750. The van der Waals surface area contributed by atoms with E-state index in [4.69, 9.17) is 18.0 Å². The molecule has 0 bridgehead atoms. The Morgan fingerprint density at radius 3 is 2.36 bits per heavy atom. The van der Waals surface area contributed by atoms with Gasteiger partial charge in [0, 0.05) is 5.56 Å². The lowest BCUT2D eigenvalue weighted by atomic mass is 10.0. The second-order valence-corrected chi connectivity index (χ2v) is 5.79. The molecule has 2 unspecified atom stereocenters. The summed E-state index contributed by atoms with van der Waals surface area (Å²) in [6.45, 7) is 0. The average molecular weight is 309 g/mol. The van der Waals surface area contributed by atoms with Gasteiger partial charge in [-0.3, -0.25) is 5.43 Å². The van der Waals surface area contributed by atoms with Crippen molar-refractivity contribution in [1.29, 1.82) is 0 Å². The molecule has 5 nitrogen and oxygen atoms in total. The van der Waals surface area contributed by atoms with Gasteiger partial charge in [0.25, 0.3) is 0 Å². The molecule has 2 aliphatic rings. The van der Waals surface area contributed by atoms with Crippen LogP contribution in [0.25, 0.3) is 0 Å². The summed E-state index contributed by atoms with van der Waals surface area (Å²) < 4.78 is 0. The first-order valence-electron chi connectivity index (χ1n) is 7.08. The molecule has 5 N–H and O–H groups in total. The Balaban J connectivity index is 1.81. The zero-order chi connectivity index (χ0) is 15.1. The highest BCUT2D eigenvalue weighted by atomic mass is 32.1. The highest BCUT2D eigenvalue weighted by molar-refractivity contribution is 7.80. The first kappa shape index (κ1) is 13.1. The fraction of sp³-hybridized carbons (Fsp3) is 0.125. The molecule has 2 aromatic rings. The summed E-state index contributed by atoms with van der Waals surface area (Å²) in [6, 6.07) is 16.6. The van der Waals surface area contributed by atoms with Gasteiger partial charge >= 0.3 is 0 Å². The van der Waals surface area contributed by atoms with Crippen molar-refractivity contribution in [3.05, 3.63) is 59.7 Å². The van der Waals surface area contributed by atoms with E-state index in [1.807, 2.05) is 24.3 Å². The molecule has 0 saturated carbocycles. The zero-order valence-electron chi connectivity index (χ0n) is 11.7. The fourth-order valence-corrected chi connectivity index (χ4v) is 3.18. The van der Waals surface area contributed by atoms with Crippen molar-refractivity contribution in [2.45, 2.75) is 12.1 Å². The number of nitrogens with zero attached hydrogens (tertiary/aromatic N) is 1. The zero-order valence-corrected chi connectivity index (χ0v) is 12.5. The van der Waals surface area contributed by atoms with Gasteiger partial charge in [0.2, 0.25) is 0 Å². The van der Waals surface area contributed by atoms with Crippen molar-refractivity contribution < 1.29 is 0 Å². The Hall–Kier alpha value is -2.60. The topological polar surface area (TPSA) is 74.5 Å². The largest absolute Gasteiger partial charge is 0.375 e. The van der Waals surface area contributed by atoms with Crippen molar-refractivity contribution in [3.63, 3.8) is 0 Å². The Bertz CT molecular complexity index is 786. The summed E-state index contributed by atoms with van der Waals surface area (Å²) in [6.07, 6.45) is 0. The molecule has 1 heterocycles. The van der Waals surface area contributed by atoms with Crippen molar-refractivity contribution in [3.8, 4) is 0 Å². The maximum absolute atomic E-state index is 5.51. The van der Waals surface area contributed by atoms with E-state index in [2.05, 4.69) is 45.4 Å². The Morgan fingerprint density at radius 1 is 1.00 bits per heavy atom. The number of nitrogens with one attached hydrogen (secondary N) is 3. The number of thiocarbonyl (C=S) groups is 1. The van der Waals surface area contributed by atoms with E-state index >= 15 is 0 Å². The van der Waals surface area contributed by atoms with Crippen LogP contribution in [0.1, 0.15) is 17.2 Å². The summed E-state index contributed by atoms with van der Waals surface area (Å²) in [7, 11) is 0. The van der Waals surface area contributed by atoms with Gasteiger partial charge in [-0.1, -0.05) is 36.4 Å². The highest BCUT2D eigenvalue weighted by Gasteiger charge is 2.40. The lowest BCUT2D eigenvalue weighted by Crippen LogP contribution is -2.39. The normalized spacial score (nSPS) is 22.8. The van der Waals surface area contributed by atoms with Crippen LogP contribution in [0.5, 0.6) is 0 Å². The minimum atomic E-state index is 0.0362. The van der Waals surface area contributed by atoms with Gasteiger partial charge in [-0.25, -0.2) is 0 Å². The van der Waals surface area contributed by atoms with Crippen molar-refractivity contribution in [2.24, 2.45) is 10.8 Å². The predicted octanol–water partition coefficient (Wildman–Crippen LogP) is 2.18. The van der Waals surface area contributed by atoms with E-state index in [0.29, 0.717) is 0 Å². The molecular formula is C16H15N5S. The predicted molar refractivity (Wildman–Crippen MR) is 93.1 cm³/mol. The molecule has 1 aliphatic heterocycles. The van der Waals surface area contributed by atoms with Crippen LogP contribution in [0.3, 0.4) is 0 Å². The van der Waals surface area contributed by atoms with Gasteiger partial charge in [-0.2, -0.15) is 5.10 Å². The van der Waals surface area contributed by atoms with Gasteiger partial charge < -0.3 is 16.4 Å². The fourth-order valence-electron chi connectivity index (χ4n) is 3.13. The molecule has 110 valence electrons. The molecule has 2 atom stereocenters. The molecule has 0 spiro atoms. The summed E-state index contributed by atoms with van der Waals surface area (Å²) >= 11 is 4.86. The number of para-hydroxylation sites is 2. The summed E-state index contributed by atoms with van der Waals surface area (Å²) in [5, 5.41) is 11.7. The molecule has 1 aliphatic carbocycles. The molecular weight excluding hydrogens is 294 g/mol. The minimum Gasteiger partial charge on any atom is -0.375 e. The number of benzene rings is 2. The maximum atomic E-state index is 5.51. The first-order valence-corrected chi connectivity index (χ1v) is 7.49. The monoisotopic (exact) mass is 309 g/mol. The van der Waals surface area contributed by atoms with Crippen molar-refractivity contribution >= 4 is 34.4 Å². The number of fused-ring (bicyclic) bond motifs is 4. The molecule has 22 heavy (non-hydrogen) atoms. The molecule has 2 aromatic carbocycles. The van der Waals surface area contributed by atoms with Crippen LogP contribution in [0.2, 0.25) is 0 Å². The van der Waals surface area contributed by atoms with Crippen molar-refractivity contribution in [2.75, 3.05) is 10.6 Å². The van der Waals surface area contributed by atoms with E-state index in [1.165, 1.54) is 5.56 Å². The van der Waals surface area contributed by atoms with Gasteiger partial charge in [-0.05, 0) is 29.9 Å². The Morgan fingerprint density at radius 2 is 1.64 bits per heavy atom. The second kappa shape index (κ2) is 4.99. The summed E-state index contributed by atoms with van der Waals surface area (Å²) in [5.74, 6) is 0. The van der Waals surface area contributed by atoms with Gasteiger partial charge in [0.15, 0.2) is 5.11 Å². The summed E-state index contributed by atoms with van der Waals surface area (Å²) in [5.41, 5.74) is 13.6. The smallest absolute Gasteiger partial charge is 0.184 e. The van der Waals surface area contributed by atoms with Gasteiger partial charge in [0.1, 0.15) is 0 Å². The molecule has 0 fully saturated rings. The van der Waals surface area contributed by atoms with E-state index < -0.39 is 0 Å². The van der Waals surface area contributed by atoms with Crippen LogP contribution >= 0.6 is 12.2 Å². The average Bonchev–Trinajstić information content (AvgIpc) is 2.84. The van der Waals surface area contributed by atoms with Crippen LogP contribution in [0.4, 0.5) is 11.4 Å². The first-order chi connectivity index (χ1) is 10.7. The molecule has 6 heteroatoms. The van der Waals surface area contributed by atoms with Crippen LogP contribution < -0.4 is 21.8 Å². The standard InChI is InChI=1S/C16H15N5S/c17-16(22)21-20-14-10-6-2-1-5-9(10)13-15(14)19-12-8-4-3-7-11(12)18-13/h1-8,13,15,18-19H,(H3,17,21,22)/b20-14-. The number of hydrogen-bond acceptors (Lipinski definition) is 4. The number of anilines is 2. The Kier molecular flexibility index (Phi) is 2.97. The third-order valence-corrected chi connectivity index (χ3v) is 4.13. The molecule has 0 radical (unpaired) electrons. The van der Waals surface area contributed by atoms with Crippen molar-refractivity contribution in [1.82, 2.24) is 5.43 Å². The third kappa shape index (κ3) is 2.00. The maximum Gasteiger partial charge on any atom is 0.184 e. The molecule has 4 rings (SSSR count). The van der Waals surface area contributed by atoms with Gasteiger partial charge in [-0.15, -0.1) is 0 Å². The Labute approximate surface area is 133 Å². The summed E-state index contributed by atoms with van der Waals surface area (Å²) in [4.78, 5) is 0. The van der Waals surface area contributed by atoms with E-state index in [1.54, 1.807) is 0 Å². The van der Waals surface area contributed by atoms with Crippen LogP contribution in [-0.4, -0.2) is 16.9 Å². The van der Waals surface area contributed by atoms with Crippen LogP contribution in [0.15, 0.2) is 53.6 Å². The van der Waals surface area contributed by atoms with E-state index in [-0.39, 0.29) is 17.2 Å². The second-order valence-electron chi connectivity index (χ2n) is 5.35. The number of hydrogen-bond donors (Lipinski definition) is 4. The highest BCUT2D eigenvalue weighted by Crippen LogP contribution is 2.41. The SMILES string of the molecule is NC(=S)N/N=C1/c2ccccc2C2Nc3ccccc3NC12. The third-order valence-electron chi connectivity index (χ3n) is 4.04. The quantitative estimate of drug-likeness (QED) is 0.480. The number of hydrazone groups is 1. The van der Waals surface area contributed by atoms with E-state index in [9.17, 15) is 0 Å². The van der Waals surface area contributed by atoms with E-state index in [0.717, 1.165) is 22.6 Å². The molecule has 0 amide bonds. The van der Waals surface area contributed by atoms with Crippen LogP contribution in [-0.2, 0) is 0 Å². The molecule has 0 aromatic heterocycles. The number of nitrogens with two attached hydrogens (primary N) is 1. The lowest BCUT2D eigenvalue weighted by Gasteiger charge is -2.32. The number of rotatable bonds is 1.